The zero-order valence-electron chi connectivity index (χ0n) is 11.0. The number of nitrogens with zero attached hydrogens (tertiary/aromatic N) is 1. The van der Waals surface area contributed by atoms with Gasteiger partial charge in [-0.3, -0.25) is 0 Å². The largest absolute Gasteiger partial charge is 0.497 e. The van der Waals surface area contributed by atoms with Crippen LogP contribution in [-0.4, -0.2) is 20.2 Å². The molecule has 1 heterocycles. The molecule has 0 N–H and O–H groups in total. The van der Waals surface area contributed by atoms with Crippen LogP contribution in [0.5, 0.6) is 5.75 Å². The Morgan fingerprint density at radius 1 is 1.16 bits per heavy atom. The number of ether oxygens (including phenoxy) is 2. The lowest BCUT2D eigenvalue weighted by molar-refractivity contribution is -0.688. The van der Waals surface area contributed by atoms with Crippen LogP contribution in [-0.2, 0) is 11.3 Å². The van der Waals surface area contributed by atoms with Crippen molar-refractivity contribution in [1.29, 1.82) is 0 Å². The second-order valence-electron chi connectivity index (χ2n) is 4.10. The fraction of sp³-hybridized carbons (Fsp3) is 0.200. The maximum atomic E-state index is 11.4. The third kappa shape index (κ3) is 3.31. The van der Waals surface area contributed by atoms with Gasteiger partial charge in [-0.1, -0.05) is 0 Å². The molecule has 0 amide bonds. The van der Waals surface area contributed by atoms with Crippen molar-refractivity contribution in [3.8, 4) is 5.75 Å². The second-order valence-corrected chi connectivity index (χ2v) is 4.10. The Labute approximate surface area is 112 Å². The van der Waals surface area contributed by atoms with E-state index >= 15 is 0 Å². The summed E-state index contributed by atoms with van der Waals surface area (Å²) in [6.45, 7) is 0.689. The number of esters is 1. The lowest BCUT2D eigenvalue weighted by Gasteiger charge is -2.02. The van der Waals surface area contributed by atoms with Crippen LogP contribution >= 0.6 is 0 Å². The minimum atomic E-state index is -0.330. The van der Waals surface area contributed by atoms with Crippen LogP contribution in [0.25, 0.3) is 0 Å². The van der Waals surface area contributed by atoms with Crippen molar-refractivity contribution in [3.05, 3.63) is 59.9 Å². The van der Waals surface area contributed by atoms with Gasteiger partial charge in [-0.2, -0.15) is 4.57 Å². The third-order valence-electron chi connectivity index (χ3n) is 2.80. The van der Waals surface area contributed by atoms with E-state index in [-0.39, 0.29) is 5.97 Å². The second kappa shape index (κ2) is 6.00. The zero-order chi connectivity index (χ0) is 13.7. The van der Waals surface area contributed by atoms with E-state index in [1.165, 1.54) is 7.11 Å². The molecule has 0 fully saturated rings. The summed E-state index contributed by atoms with van der Waals surface area (Å²) in [7, 11) is 3.02. The molecule has 0 atom stereocenters. The lowest BCUT2D eigenvalue weighted by Crippen LogP contribution is -2.34. The number of benzene rings is 1. The van der Waals surface area contributed by atoms with Gasteiger partial charge in [0.1, 0.15) is 11.3 Å². The van der Waals surface area contributed by atoms with Crippen molar-refractivity contribution in [3.63, 3.8) is 0 Å². The average Bonchev–Trinajstić information content (AvgIpc) is 2.47. The summed E-state index contributed by atoms with van der Waals surface area (Å²) >= 11 is 0. The van der Waals surface area contributed by atoms with E-state index in [0.29, 0.717) is 12.1 Å². The summed E-state index contributed by atoms with van der Waals surface area (Å²) in [6.07, 6.45) is 3.69. The van der Waals surface area contributed by atoms with Crippen LogP contribution in [0.1, 0.15) is 15.9 Å². The molecule has 0 spiro atoms. The summed E-state index contributed by atoms with van der Waals surface area (Å²) in [4.78, 5) is 11.4. The number of carbonyl (C=O) groups is 1. The maximum absolute atomic E-state index is 11.4. The van der Waals surface area contributed by atoms with Crippen LogP contribution < -0.4 is 9.30 Å². The number of methoxy groups -OCH3 is 2. The van der Waals surface area contributed by atoms with E-state index in [1.807, 2.05) is 41.1 Å². The first-order chi connectivity index (χ1) is 9.22. The Hall–Kier alpha value is -2.36. The summed E-state index contributed by atoms with van der Waals surface area (Å²) in [5.74, 6) is 0.501. The van der Waals surface area contributed by atoms with Crippen LogP contribution in [0.15, 0.2) is 48.8 Å². The highest BCUT2D eigenvalue weighted by molar-refractivity contribution is 5.88. The molecule has 98 valence electrons. The Kier molecular flexibility index (Phi) is 4.13. The first-order valence-corrected chi connectivity index (χ1v) is 5.93. The van der Waals surface area contributed by atoms with Crippen molar-refractivity contribution in [2.45, 2.75) is 6.54 Å². The Morgan fingerprint density at radius 3 is 2.53 bits per heavy atom. The van der Waals surface area contributed by atoms with E-state index in [0.717, 1.165) is 11.3 Å². The van der Waals surface area contributed by atoms with Gasteiger partial charge in [0.25, 0.3) is 0 Å². The van der Waals surface area contributed by atoms with Gasteiger partial charge >= 0.3 is 5.97 Å². The molecule has 19 heavy (non-hydrogen) atoms. The SMILES string of the molecule is COC(=O)c1ccc[n+](Cc2ccc(OC)cc2)c1. The standard InChI is InChI=1S/C15H16NO3/c1-18-14-7-5-12(6-8-14)10-16-9-3-4-13(11-16)15(17)19-2/h3-9,11H,10H2,1-2H3/q+1. The van der Waals surface area contributed by atoms with Crippen LogP contribution in [0.2, 0.25) is 0 Å². The predicted octanol–water partition coefficient (Wildman–Crippen LogP) is 1.82. The number of hydrogen-bond acceptors (Lipinski definition) is 3. The van der Waals surface area contributed by atoms with Crippen molar-refractivity contribution < 1.29 is 18.8 Å². The number of pyridine rings is 1. The van der Waals surface area contributed by atoms with Crippen molar-refractivity contribution in [2.24, 2.45) is 0 Å². The van der Waals surface area contributed by atoms with Crippen LogP contribution in [0, 0.1) is 0 Å². The Bertz CT molecular complexity index is 564. The monoisotopic (exact) mass is 258 g/mol. The molecule has 0 bridgehead atoms. The van der Waals surface area contributed by atoms with Crippen LogP contribution in [0.3, 0.4) is 0 Å². The molecule has 1 aromatic carbocycles. The molecule has 0 aliphatic rings. The maximum Gasteiger partial charge on any atom is 0.343 e. The first-order valence-electron chi connectivity index (χ1n) is 5.93. The summed E-state index contributed by atoms with van der Waals surface area (Å²) in [5, 5.41) is 0. The van der Waals surface area contributed by atoms with Gasteiger partial charge in [-0.05, 0) is 30.3 Å². The molecule has 0 radical (unpaired) electrons. The molecular weight excluding hydrogens is 242 g/mol. The van der Waals surface area contributed by atoms with E-state index in [2.05, 4.69) is 0 Å². The summed E-state index contributed by atoms with van der Waals surface area (Å²) < 4.78 is 11.8. The highest BCUT2D eigenvalue weighted by atomic mass is 16.5. The minimum absolute atomic E-state index is 0.330. The molecule has 0 saturated heterocycles. The lowest BCUT2D eigenvalue weighted by atomic mass is 10.2. The number of aromatic nitrogens is 1. The smallest absolute Gasteiger partial charge is 0.343 e. The fourth-order valence-corrected chi connectivity index (χ4v) is 1.80. The van der Waals surface area contributed by atoms with Gasteiger partial charge < -0.3 is 9.47 Å². The molecule has 4 nitrogen and oxygen atoms in total. The van der Waals surface area contributed by atoms with E-state index < -0.39 is 0 Å². The number of carbonyl (C=O) groups excluding carboxylic acids is 1. The molecule has 0 aliphatic heterocycles. The number of hydrogen-bond donors (Lipinski definition) is 0. The van der Waals surface area contributed by atoms with E-state index in [1.54, 1.807) is 19.4 Å². The highest BCUT2D eigenvalue weighted by Gasteiger charge is 2.10. The molecule has 4 heteroatoms. The summed E-state index contributed by atoms with van der Waals surface area (Å²) in [5.41, 5.74) is 1.67. The van der Waals surface area contributed by atoms with Gasteiger partial charge in [0.05, 0.1) is 14.2 Å². The van der Waals surface area contributed by atoms with Crippen molar-refractivity contribution >= 4 is 5.97 Å². The van der Waals surface area contributed by atoms with Gasteiger partial charge in [0.2, 0.25) is 0 Å². The zero-order valence-corrected chi connectivity index (χ0v) is 11.0. The Balaban J connectivity index is 2.16. The molecular formula is C15H16NO3+. The van der Waals surface area contributed by atoms with Crippen LogP contribution in [0.4, 0.5) is 0 Å². The molecule has 2 aromatic rings. The van der Waals surface area contributed by atoms with Gasteiger partial charge in [0.15, 0.2) is 18.9 Å². The normalized spacial score (nSPS) is 10.0. The predicted molar refractivity (Wildman–Crippen MR) is 70.1 cm³/mol. The molecule has 0 unspecified atom stereocenters. The molecule has 0 aliphatic carbocycles. The number of rotatable bonds is 4. The molecule has 0 saturated carbocycles. The van der Waals surface area contributed by atoms with Crippen molar-refractivity contribution in [1.82, 2.24) is 0 Å². The average molecular weight is 258 g/mol. The van der Waals surface area contributed by atoms with E-state index in [9.17, 15) is 4.79 Å². The summed E-state index contributed by atoms with van der Waals surface area (Å²) in [6, 6.07) is 11.4. The first kappa shape index (κ1) is 13.1. The van der Waals surface area contributed by atoms with Gasteiger partial charge in [0, 0.05) is 11.6 Å². The Morgan fingerprint density at radius 2 is 1.89 bits per heavy atom. The molecule has 1 aromatic heterocycles. The minimum Gasteiger partial charge on any atom is -0.497 e. The highest BCUT2D eigenvalue weighted by Crippen LogP contribution is 2.11. The van der Waals surface area contributed by atoms with E-state index in [4.69, 9.17) is 9.47 Å². The molecule has 2 rings (SSSR count). The fourth-order valence-electron chi connectivity index (χ4n) is 1.80. The topological polar surface area (TPSA) is 39.4 Å². The quantitative estimate of drug-likeness (QED) is 0.620. The van der Waals surface area contributed by atoms with Gasteiger partial charge in [-0.25, -0.2) is 4.79 Å². The van der Waals surface area contributed by atoms with Gasteiger partial charge in [-0.15, -0.1) is 0 Å². The van der Waals surface area contributed by atoms with Crippen molar-refractivity contribution in [2.75, 3.05) is 14.2 Å². The third-order valence-corrected chi connectivity index (χ3v) is 2.80.